The zero-order valence-electron chi connectivity index (χ0n) is 8.66. The lowest BCUT2D eigenvalue weighted by atomic mass is 10.2. The Bertz CT molecular complexity index is 278. The molecule has 0 radical (unpaired) electrons. The highest BCUT2D eigenvalue weighted by molar-refractivity contribution is 9.09. The minimum atomic E-state index is 0.926. The average molecular weight is 258 g/mol. The van der Waals surface area contributed by atoms with Crippen molar-refractivity contribution in [1.82, 2.24) is 4.90 Å². The molecule has 0 aromatic heterocycles. The fourth-order valence-corrected chi connectivity index (χ4v) is 1.91. The van der Waals surface area contributed by atoms with Gasteiger partial charge in [-0.15, -0.1) is 0 Å². The Morgan fingerprint density at radius 1 is 1.43 bits per heavy atom. The molecule has 0 spiro atoms. The minimum absolute atomic E-state index is 0.926. The first kappa shape index (κ1) is 11.5. The summed E-state index contributed by atoms with van der Waals surface area (Å²) in [6, 6.07) is 8.18. The Balaban J connectivity index is 2.57. The summed E-state index contributed by atoms with van der Waals surface area (Å²) in [6.07, 6.45) is 0. The van der Waals surface area contributed by atoms with Gasteiger partial charge in [0, 0.05) is 18.4 Å². The SMILES string of the molecule is COc1cccc(CN(C)CCBr)c1. The largest absolute Gasteiger partial charge is 0.497 e. The number of hydrogen-bond donors (Lipinski definition) is 0. The summed E-state index contributed by atoms with van der Waals surface area (Å²) < 4.78 is 5.17. The molecule has 0 fully saturated rings. The first-order chi connectivity index (χ1) is 6.76. The van der Waals surface area contributed by atoms with E-state index in [4.69, 9.17) is 4.74 Å². The van der Waals surface area contributed by atoms with Gasteiger partial charge < -0.3 is 9.64 Å². The molecule has 1 aromatic rings. The van der Waals surface area contributed by atoms with Crippen molar-refractivity contribution in [2.75, 3.05) is 26.0 Å². The average Bonchev–Trinajstić information content (AvgIpc) is 2.18. The number of halogens is 1. The van der Waals surface area contributed by atoms with E-state index >= 15 is 0 Å². The van der Waals surface area contributed by atoms with E-state index in [1.165, 1.54) is 5.56 Å². The van der Waals surface area contributed by atoms with E-state index in [2.05, 4.69) is 40.0 Å². The van der Waals surface area contributed by atoms with Crippen LogP contribution in [-0.2, 0) is 6.54 Å². The number of rotatable bonds is 5. The van der Waals surface area contributed by atoms with Gasteiger partial charge in [0.05, 0.1) is 7.11 Å². The van der Waals surface area contributed by atoms with Crippen molar-refractivity contribution < 1.29 is 4.74 Å². The topological polar surface area (TPSA) is 12.5 Å². The molecule has 0 saturated heterocycles. The van der Waals surface area contributed by atoms with E-state index in [0.29, 0.717) is 0 Å². The van der Waals surface area contributed by atoms with E-state index < -0.39 is 0 Å². The van der Waals surface area contributed by atoms with Crippen LogP contribution in [-0.4, -0.2) is 30.9 Å². The molecule has 1 aromatic carbocycles. The zero-order chi connectivity index (χ0) is 10.4. The number of ether oxygens (including phenoxy) is 1. The molecule has 0 bridgehead atoms. The highest BCUT2D eigenvalue weighted by Gasteiger charge is 2.00. The van der Waals surface area contributed by atoms with Gasteiger partial charge in [-0.25, -0.2) is 0 Å². The van der Waals surface area contributed by atoms with Crippen LogP contribution in [0.4, 0.5) is 0 Å². The smallest absolute Gasteiger partial charge is 0.119 e. The Hall–Kier alpha value is -0.540. The lowest BCUT2D eigenvalue weighted by Gasteiger charge is -2.15. The second-order valence-corrected chi connectivity index (χ2v) is 4.07. The number of benzene rings is 1. The lowest BCUT2D eigenvalue weighted by molar-refractivity contribution is 0.348. The third kappa shape index (κ3) is 3.68. The van der Waals surface area contributed by atoms with Gasteiger partial charge >= 0.3 is 0 Å². The predicted molar refractivity (Wildman–Crippen MR) is 63.1 cm³/mol. The lowest BCUT2D eigenvalue weighted by Crippen LogP contribution is -2.19. The summed E-state index contributed by atoms with van der Waals surface area (Å²) in [5, 5.41) is 1.01. The molecule has 0 unspecified atom stereocenters. The predicted octanol–water partition coefficient (Wildman–Crippen LogP) is 2.52. The summed E-state index contributed by atoms with van der Waals surface area (Å²) in [7, 11) is 3.81. The fraction of sp³-hybridized carbons (Fsp3) is 0.455. The Morgan fingerprint density at radius 2 is 2.21 bits per heavy atom. The van der Waals surface area contributed by atoms with Gasteiger partial charge in [0.2, 0.25) is 0 Å². The van der Waals surface area contributed by atoms with Crippen molar-refractivity contribution in [3.05, 3.63) is 29.8 Å². The molecule has 0 N–H and O–H groups in total. The van der Waals surface area contributed by atoms with Gasteiger partial charge in [-0.1, -0.05) is 28.1 Å². The van der Waals surface area contributed by atoms with Gasteiger partial charge in [0.25, 0.3) is 0 Å². The summed E-state index contributed by atoms with van der Waals surface area (Å²) in [5.41, 5.74) is 1.28. The Kier molecular flexibility index (Phi) is 4.98. The molecule has 0 aliphatic rings. The molecular weight excluding hydrogens is 242 g/mol. The van der Waals surface area contributed by atoms with Crippen LogP contribution in [0.2, 0.25) is 0 Å². The van der Waals surface area contributed by atoms with E-state index in [0.717, 1.165) is 24.2 Å². The molecule has 3 heteroatoms. The summed E-state index contributed by atoms with van der Waals surface area (Å²) in [4.78, 5) is 2.27. The van der Waals surface area contributed by atoms with E-state index in [1.807, 2.05) is 12.1 Å². The van der Waals surface area contributed by atoms with E-state index in [-0.39, 0.29) is 0 Å². The molecular formula is C11H16BrNO. The van der Waals surface area contributed by atoms with Gasteiger partial charge in [0.1, 0.15) is 5.75 Å². The molecule has 0 heterocycles. The van der Waals surface area contributed by atoms with Crippen molar-refractivity contribution in [3.8, 4) is 5.75 Å². The molecule has 0 aliphatic heterocycles. The van der Waals surface area contributed by atoms with Crippen LogP contribution in [0, 0.1) is 0 Å². The molecule has 2 nitrogen and oxygen atoms in total. The maximum absolute atomic E-state index is 5.17. The normalized spacial score (nSPS) is 10.6. The molecule has 0 saturated carbocycles. The van der Waals surface area contributed by atoms with Crippen molar-refractivity contribution in [2.45, 2.75) is 6.54 Å². The quantitative estimate of drug-likeness (QED) is 0.752. The van der Waals surface area contributed by atoms with Crippen LogP contribution in [0.3, 0.4) is 0 Å². The van der Waals surface area contributed by atoms with E-state index in [9.17, 15) is 0 Å². The van der Waals surface area contributed by atoms with Gasteiger partial charge in [0.15, 0.2) is 0 Å². The summed E-state index contributed by atoms with van der Waals surface area (Å²) in [6.45, 7) is 2.01. The summed E-state index contributed by atoms with van der Waals surface area (Å²) >= 11 is 3.43. The van der Waals surface area contributed by atoms with Crippen LogP contribution >= 0.6 is 15.9 Å². The molecule has 0 amide bonds. The van der Waals surface area contributed by atoms with Gasteiger partial charge in [-0.3, -0.25) is 0 Å². The maximum Gasteiger partial charge on any atom is 0.119 e. The number of alkyl halides is 1. The van der Waals surface area contributed by atoms with Crippen molar-refractivity contribution in [3.63, 3.8) is 0 Å². The fourth-order valence-electron chi connectivity index (χ4n) is 1.31. The third-order valence-electron chi connectivity index (χ3n) is 2.05. The summed E-state index contributed by atoms with van der Waals surface area (Å²) in [5.74, 6) is 0.926. The zero-order valence-corrected chi connectivity index (χ0v) is 10.3. The third-order valence-corrected chi connectivity index (χ3v) is 2.41. The van der Waals surface area contributed by atoms with Gasteiger partial charge in [-0.05, 0) is 24.7 Å². The highest BCUT2D eigenvalue weighted by Crippen LogP contribution is 2.13. The second-order valence-electron chi connectivity index (χ2n) is 3.28. The van der Waals surface area contributed by atoms with Crippen LogP contribution in [0.25, 0.3) is 0 Å². The minimum Gasteiger partial charge on any atom is -0.497 e. The molecule has 78 valence electrons. The van der Waals surface area contributed by atoms with Crippen LogP contribution in [0.15, 0.2) is 24.3 Å². The molecule has 0 atom stereocenters. The first-order valence-electron chi connectivity index (χ1n) is 4.63. The maximum atomic E-state index is 5.17. The van der Waals surface area contributed by atoms with Gasteiger partial charge in [-0.2, -0.15) is 0 Å². The number of methoxy groups -OCH3 is 1. The van der Waals surface area contributed by atoms with Crippen LogP contribution in [0.1, 0.15) is 5.56 Å². The highest BCUT2D eigenvalue weighted by atomic mass is 79.9. The van der Waals surface area contributed by atoms with Crippen molar-refractivity contribution in [1.29, 1.82) is 0 Å². The van der Waals surface area contributed by atoms with Crippen LogP contribution in [0.5, 0.6) is 5.75 Å². The molecule has 14 heavy (non-hydrogen) atoms. The van der Waals surface area contributed by atoms with E-state index in [1.54, 1.807) is 7.11 Å². The van der Waals surface area contributed by atoms with Crippen molar-refractivity contribution >= 4 is 15.9 Å². The molecule has 0 aliphatic carbocycles. The molecule has 1 rings (SSSR count). The van der Waals surface area contributed by atoms with Crippen LogP contribution < -0.4 is 4.74 Å². The second kappa shape index (κ2) is 6.04. The Morgan fingerprint density at radius 3 is 2.86 bits per heavy atom. The Labute approximate surface area is 94.0 Å². The monoisotopic (exact) mass is 257 g/mol. The standard InChI is InChI=1S/C11H16BrNO/c1-13(7-6-12)9-10-4-3-5-11(8-10)14-2/h3-5,8H,6-7,9H2,1-2H3. The van der Waals surface area contributed by atoms with Crippen molar-refractivity contribution in [2.24, 2.45) is 0 Å². The first-order valence-corrected chi connectivity index (χ1v) is 5.76. The number of nitrogens with zero attached hydrogens (tertiary/aromatic N) is 1. The number of hydrogen-bond acceptors (Lipinski definition) is 2.